The quantitative estimate of drug-likeness (QED) is 0.771. The lowest BCUT2D eigenvalue weighted by molar-refractivity contribution is 0.365. The minimum atomic E-state index is 0.0592. The Morgan fingerprint density at radius 1 is 1.30 bits per heavy atom. The fourth-order valence-corrected chi connectivity index (χ4v) is 2.23. The van der Waals surface area contributed by atoms with Crippen LogP contribution >= 0.6 is 0 Å². The summed E-state index contributed by atoms with van der Waals surface area (Å²) in [5.41, 5.74) is 6.79. The summed E-state index contributed by atoms with van der Waals surface area (Å²) in [6.07, 6.45) is 2.59. The van der Waals surface area contributed by atoms with E-state index < -0.39 is 0 Å². The summed E-state index contributed by atoms with van der Waals surface area (Å²) in [6.45, 7) is 2.10. The van der Waals surface area contributed by atoms with Crippen molar-refractivity contribution in [1.82, 2.24) is 10.1 Å². The summed E-state index contributed by atoms with van der Waals surface area (Å²) in [5, 5.41) is 4.98. The Bertz CT molecular complexity index is 669. The van der Waals surface area contributed by atoms with Gasteiger partial charge < -0.3 is 14.7 Å². The number of benzene rings is 1. The second-order valence-electron chi connectivity index (χ2n) is 4.91. The second kappa shape index (κ2) is 5.46. The van der Waals surface area contributed by atoms with Crippen LogP contribution in [0.5, 0.6) is 0 Å². The maximum atomic E-state index is 5.97. The van der Waals surface area contributed by atoms with E-state index in [1.54, 1.807) is 0 Å². The molecule has 3 rings (SSSR count). The molecular weight excluding hydrogens is 254 g/mol. The van der Waals surface area contributed by atoms with Crippen molar-refractivity contribution in [2.75, 3.05) is 0 Å². The van der Waals surface area contributed by atoms with Gasteiger partial charge in [0.05, 0.1) is 0 Å². The van der Waals surface area contributed by atoms with Gasteiger partial charge in [-0.05, 0) is 18.6 Å². The summed E-state index contributed by atoms with van der Waals surface area (Å²) in [7, 11) is 0. The van der Waals surface area contributed by atoms with E-state index in [4.69, 9.17) is 14.7 Å². The molecule has 1 atom stereocenters. The van der Waals surface area contributed by atoms with Crippen LogP contribution in [0.4, 0.5) is 0 Å². The Morgan fingerprint density at radius 2 is 2.15 bits per heavy atom. The Morgan fingerprint density at radius 3 is 2.95 bits per heavy atom. The van der Waals surface area contributed by atoms with Crippen LogP contribution in [0.1, 0.15) is 25.7 Å². The van der Waals surface area contributed by atoms with Crippen molar-refractivity contribution in [1.29, 1.82) is 0 Å². The smallest absolute Gasteiger partial charge is 0.238 e. The third-order valence-corrected chi connectivity index (χ3v) is 3.21. The molecule has 5 heteroatoms. The second-order valence-corrected chi connectivity index (χ2v) is 4.91. The number of fused-ring (bicyclic) bond motifs is 1. The third-order valence-electron chi connectivity index (χ3n) is 3.21. The largest absolute Gasteiger partial charge is 0.453 e. The first-order valence-corrected chi connectivity index (χ1v) is 6.83. The van der Waals surface area contributed by atoms with Crippen LogP contribution in [0.25, 0.3) is 22.6 Å². The lowest BCUT2D eigenvalue weighted by Gasteiger charge is -2.05. The van der Waals surface area contributed by atoms with E-state index in [2.05, 4.69) is 17.1 Å². The highest BCUT2D eigenvalue weighted by Gasteiger charge is 2.15. The van der Waals surface area contributed by atoms with Crippen LogP contribution in [0.2, 0.25) is 0 Å². The molecule has 0 aliphatic heterocycles. The number of nitrogens with two attached hydrogens (primary N) is 1. The molecule has 3 aromatic rings. The first-order valence-electron chi connectivity index (χ1n) is 6.83. The Balaban J connectivity index is 1.82. The van der Waals surface area contributed by atoms with Gasteiger partial charge in [-0.25, -0.2) is 0 Å². The van der Waals surface area contributed by atoms with Crippen molar-refractivity contribution in [3.63, 3.8) is 0 Å². The minimum Gasteiger partial charge on any atom is -0.453 e. The first kappa shape index (κ1) is 12.9. The molecule has 2 heterocycles. The van der Waals surface area contributed by atoms with Crippen LogP contribution in [0, 0.1) is 0 Å². The monoisotopic (exact) mass is 271 g/mol. The molecule has 0 amide bonds. The zero-order valence-corrected chi connectivity index (χ0v) is 11.4. The summed E-state index contributed by atoms with van der Waals surface area (Å²) in [4.78, 5) is 4.35. The summed E-state index contributed by atoms with van der Waals surface area (Å²) in [5.74, 6) is 1.64. The summed E-state index contributed by atoms with van der Waals surface area (Å²) < 4.78 is 10.9. The SMILES string of the molecule is CCCC(N)Cc1nc(-c2cc3ccccc3o2)no1. The molecule has 5 nitrogen and oxygen atoms in total. The Labute approximate surface area is 116 Å². The van der Waals surface area contributed by atoms with Crippen LogP contribution in [0.15, 0.2) is 39.3 Å². The summed E-state index contributed by atoms with van der Waals surface area (Å²) >= 11 is 0. The van der Waals surface area contributed by atoms with Crippen molar-refractivity contribution in [2.45, 2.75) is 32.2 Å². The maximum Gasteiger partial charge on any atom is 0.238 e. The predicted molar refractivity (Wildman–Crippen MR) is 76.1 cm³/mol. The highest BCUT2D eigenvalue weighted by atomic mass is 16.5. The lowest BCUT2D eigenvalue weighted by atomic mass is 10.1. The van der Waals surface area contributed by atoms with Crippen molar-refractivity contribution in [3.05, 3.63) is 36.2 Å². The molecular formula is C15H17N3O2. The molecule has 0 saturated heterocycles. The van der Waals surface area contributed by atoms with Crippen LogP contribution in [-0.4, -0.2) is 16.2 Å². The number of para-hydroxylation sites is 1. The Hall–Kier alpha value is -2.14. The standard InChI is InChI=1S/C15H17N3O2/c1-2-5-11(16)9-14-17-15(18-20-14)13-8-10-6-3-4-7-12(10)19-13/h3-4,6-8,11H,2,5,9,16H2,1H3. The van der Waals surface area contributed by atoms with Gasteiger partial charge in [0.2, 0.25) is 11.7 Å². The molecule has 0 saturated carbocycles. The van der Waals surface area contributed by atoms with Gasteiger partial charge in [-0.1, -0.05) is 36.7 Å². The van der Waals surface area contributed by atoms with E-state index in [-0.39, 0.29) is 6.04 Å². The van der Waals surface area contributed by atoms with E-state index in [1.807, 2.05) is 30.3 Å². The predicted octanol–water partition coefficient (Wildman–Crippen LogP) is 3.15. The lowest BCUT2D eigenvalue weighted by Crippen LogP contribution is -2.22. The zero-order chi connectivity index (χ0) is 13.9. The number of hydrogen-bond donors (Lipinski definition) is 1. The third kappa shape index (κ3) is 2.58. The topological polar surface area (TPSA) is 78.1 Å². The van der Waals surface area contributed by atoms with Crippen molar-refractivity contribution in [2.24, 2.45) is 5.73 Å². The van der Waals surface area contributed by atoms with Gasteiger partial charge in [-0.3, -0.25) is 0 Å². The van der Waals surface area contributed by atoms with E-state index in [9.17, 15) is 0 Å². The van der Waals surface area contributed by atoms with Gasteiger partial charge in [0.15, 0.2) is 5.76 Å². The molecule has 0 fully saturated rings. The molecule has 0 aliphatic carbocycles. The summed E-state index contributed by atoms with van der Waals surface area (Å²) in [6, 6.07) is 9.77. The van der Waals surface area contributed by atoms with Gasteiger partial charge in [0, 0.05) is 17.8 Å². The van der Waals surface area contributed by atoms with E-state index in [0.29, 0.717) is 23.9 Å². The molecule has 1 unspecified atom stereocenters. The van der Waals surface area contributed by atoms with Gasteiger partial charge in [0.1, 0.15) is 5.58 Å². The Kier molecular flexibility index (Phi) is 3.52. The maximum absolute atomic E-state index is 5.97. The zero-order valence-electron chi connectivity index (χ0n) is 11.4. The highest BCUT2D eigenvalue weighted by molar-refractivity contribution is 5.81. The number of nitrogens with zero attached hydrogens (tertiary/aromatic N) is 2. The van der Waals surface area contributed by atoms with Gasteiger partial charge in [-0.2, -0.15) is 4.98 Å². The highest BCUT2D eigenvalue weighted by Crippen LogP contribution is 2.25. The molecule has 0 aliphatic rings. The number of rotatable bonds is 5. The average Bonchev–Trinajstić information content (AvgIpc) is 3.04. The normalized spacial score (nSPS) is 12.9. The number of furan rings is 1. The molecule has 104 valence electrons. The van der Waals surface area contributed by atoms with Crippen LogP contribution in [0.3, 0.4) is 0 Å². The first-order chi connectivity index (χ1) is 9.76. The molecule has 2 aromatic heterocycles. The fourth-order valence-electron chi connectivity index (χ4n) is 2.23. The fraction of sp³-hybridized carbons (Fsp3) is 0.333. The van der Waals surface area contributed by atoms with E-state index >= 15 is 0 Å². The van der Waals surface area contributed by atoms with Gasteiger partial charge in [0.25, 0.3) is 0 Å². The number of aromatic nitrogens is 2. The van der Waals surface area contributed by atoms with Gasteiger partial charge >= 0.3 is 0 Å². The minimum absolute atomic E-state index is 0.0592. The van der Waals surface area contributed by atoms with Crippen LogP contribution < -0.4 is 5.73 Å². The van der Waals surface area contributed by atoms with Crippen LogP contribution in [-0.2, 0) is 6.42 Å². The average molecular weight is 271 g/mol. The molecule has 0 radical (unpaired) electrons. The van der Waals surface area contributed by atoms with Crippen molar-refractivity contribution >= 4 is 11.0 Å². The van der Waals surface area contributed by atoms with E-state index in [1.165, 1.54) is 0 Å². The van der Waals surface area contributed by atoms with E-state index in [0.717, 1.165) is 23.8 Å². The number of hydrogen-bond acceptors (Lipinski definition) is 5. The molecule has 0 bridgehead atoms. The van der Waals surface area contributed by atoms with Crippen molar-refractivity contribution < 1.29 is 8.94 Å². The molecule has 20 heavy (non-hydrogen) atoms. The van der Waals surface area contributed by atoms with Crippen molar-refractivity contribution in [3.8, 4) is 11.6 Å². The van der Waals surface area contributed by atoms with Gasteiger partial charge in [-0.15, -0.1) is 0 Å². The molecule has 2 N–H and O–H groups in total. The molecule has 0 spiro atoms. The molecule has 1 aromatic carbocycles.